The molecule has 0 fully saturated rings. The zero-order chi connectivity index (χ0) is 8.27. The SMILES string of the molecule is CCCCn1sc(Cl)cc1=O. The summed E-state index contributed by atoms with van der Waals surface area (Å²) in [5.41, 5.74) is 0.0217. The van der Waals surface area contributed by atoms with Crippen LogP contribution in [-0.2, 0) is 6.54 Å². The van der Waals surface area contributed by atoms with Crippen LogP contribution in [0.2, 0.25) is 4.34 Å². The average Bonchev–Trinajstić information content (AvgIpc) is 2.26. The third-order valence-electron chi connectivity index (χ3n) is 1.39. The first-order chi connectivity index (χ1) is 5.24. The van der Waals surface area contributed by atoms with Gasteiger partial charge in [-0.15, -0.1) is 0 Å². The van der Waals surface area contributed by atoms with Crippen LogP contribution in [0.1, 0.15) is 19.8 Å². The molecule has 0 N–H and O–H groups in total. The number of aryl methyl sites for hydroxylation is 1. The van der Waals surface area contributed by atoms with E-state index in [2.05, 4.69) is 6.92 Å². The molecule has 0 aliphatic heterocycles. The van der Waals surface area contributed by atoms with Crippen molar-refractivity contribution in [3.63, 3.8) is 0 Å². The maximum absolute atomic E-state index is 11.0. The summed E-state index contributed by atoms with van der Waals surface area (Å²) in [6.07, 6.45) is 2.14. The van der Waals surface area contributed by atoms with Crippen LogP contribution in [0.4, 0.5) is 0 Å². The van der Waals surface area contributed by atoms with Gasteiger partial charge in [0, 0.05) is 12.6 Å². The normalized spacial score (nSPS) is 10.4. The van der Waals surface area contributed by atoms with E-state index in [4.69, 9.17) is 11.6 Å². The van der Waals surface area contributed by atoms with Gasteiger partial charge in [0.05, 0.1) is 0 Å². The van der Waals surface area contributed by atoms with Crippen molar-refractivity contribution in [2.24, 2.45) is 0 Å². The summed E-state index contributed by atoms with van der Waals surface area (Å²) in [5.74, 6) is 0. The first-order valence-corrected chi connectivity index (χ1v) is 4.76. The molecular weight excluding hydrogens is 182 g/mol. The van der Waals surface area contributed by atoms with Gasteiger partial charge in [0.15, 0.2) is 0 Å². The second-order valence-corrected chi connectivity index (χ2v) is 4.03. The van der Waals surface area contributed by atoms with E-state index in [1.165, 1.54) is 17.6 Å². The van der Waals surface area contributed by atoms with Gasteiger partial charge in [-0.05, 0) is 18.0 Å². The predicted octanol–water partition coefficient (Wildman–Crippen LogP) is 2.36. The molecule has 1 aromatic rings. The molecule has 1 heterocycles. The van der Waals surface area contributed by atoms with Crippen molar-refractivity contribution in [1.82, 2.24) is 3.96 Å². The molecule has 1 aromatic heterocycles. The molecule has 0 atom stereocenters. The summed E-state index contributed by atoms with van der Waals surface area (Å²) >= 11 is 6.97. The number of halogens is 1. The first-order valence-electron chi connectivity index (χ1n) is 3.60. The molecule has 0 amide bonds. The topological polar surface area (TPSA) is 22.0 Å². The second kappa shape index (κ2) is 3.93. The second-order valence-electron chi connectivity index (χ2n) is 2.33. The van der Waals surface area contributed by atoms with Gasteiger partial charge in [0.2, 0.25) is 0 Å². The van der Waals surface area contributed by atoms with Crippen molar-refractivity contribution < 1.29 is 0 Å². The molecule has 62 valence electrons. The Morgan fingerprint density at radius 3 is 2.91 bits per heavy atom. The van der Waals surface area contributed by atoms with Crippen LogP contribution in [0.3, 0.4) is 0 Å². The van der Waals surface area contributed by atoms with Crippen molar-refractivity contribution in [1.29, 1.82) is 0 Å². The van der Waals surface area contributed by atoms with Gasteiger partial charge in [0.25, 0.3) is 5.56 Å². The first kappa shape index (κ1) is 8.81. The summed E-state index contributed by atoms with van der Waals surface area (Å²) in [6, 6.07) is 1.46. The fourth-order valence-corrected chi connectivity index (χ4v) is 1.87. The van der Waals surface area contributed by atoms with Crippen LogP contribution in [0, 0.1) is 0 Å². The molecule has 4 heteroatoms. The molecular formula is C7H10ClNOS. The van der Waals surface area contributed by atoms with Gasteiger partial charge >= 0.3 is 0 Å². The Morgan fingerprint density at radius 1 is 1.73 bits per heavy atom. The largest absolute Gasteiger partial charge is 0.268 e. The van der Waals surface area contributed by atoms with Crippen molar-refractivity contribution >= 4 is 23.1 Å². The van der Waals surface area contributed by atoms with Crippen LogP contribution in [0.25, 0.3) is 0 Å². The van der Waals surface area contributed by atoms with Crippen molar-refractivity contribution in [3.05, 3.63) is 20.8 Å². The molecule has 0 unspecified atom stereocenters. The molecule has 11 heavy (non-hydrogen) atoms. The van der Waals surface area contributed by atoms with Crippen LogP contribution in [0.15, 0.2) is 10.9 Å². The van der Waals surface area contributed by atoms with E-state index in [-0.39, 0.29) is 5.56 Å². The fraction of sp³-hybridized carbons (Fsp3) is 0.571. The molecule has 0 bridgehead atoms. The molecule has 0 aromatic carbocycles. The lowest BCUT2D eigenvalue weighted by Crippen LogP contribution is -2.11. The Labute approximate surface area is 74.6 Å². The molecule has 0 aliphatic carbocycles. The third-order valence-corrected chi connectivity index (χ3v) is 2.59. The van der Waals surface area contributed by atoms with E-state index in [0.717, 1.165) is 19.4 Å². The minimum absolute atomic E-state index is 0.0217. The Bertz CT molecular complexity index is 278. The summed E-state index contributed by atoms with van der Waals surface area (Å²) in [5, 5.41) is 0. The lowest BCUT2D eigenvalue weighted by atomic mass is 10.3. The van der Waals surface area contributed by atoms with Crippen LogP contribution < -0.4 is 5.56 Å². The van der Waals surface area contributed by atoms with E-state index in [9.17, 15) is 4.79 Å². The van der Waals surface area contributed by atoms with E-state index < -0.39 is 0 Å². The highest BCUT2D eigenvalue weighted by Gasteiger charge is 1.99. The molecule has 0 spiro atoms. The van der Waals surface area contributed by atoms with Crippen LogP contribution in [0.5, 0.6) is 0 Å². The zero-order valence-electron chi connectivity index (χ0n) is 6.34. The third kappa shape index (κ3) is 2.34. The maximum atomic E-state index is 11.0. The number of nitrogens with zero attached hydrogens (tertiary/aromatic N) is 1. The van der Waals surface area contributed by atoms with Gasteiger partial charge in [-0.2, -0.15) is 0 Å². The lowest BCUT2D eigenvalue weighted by molar-refractivity contribution is 0.658. The van der Waals surface area contributed by atoms with E-state index in [1.807, 2.05) is 0 Å². The van der Waals surface area contributed by atoms with E-state index in [1.54, 1.807) is 3.96 Å². The molecule has 1 rings (SSSR count). The highest BCUT2D eigenvalue weighted by Crippen LogP contribution is 2.12. The summed E-state index contributed by atoms with van der Waals surface area (Å²) in [7, 11) is 0. The minimum Gasteiger partial charge on any atom is -0.268 e. The summed E-state index contributed by atoms with van der Waals surface area (Å²) in [4.78, 5) is 11.0. The maximum Gasteiger partial charge on any atom is 0.262 e. The van der Waals surface area contributed by atoms with Gasteiger partial charge in [-0.3, -0.25) is 8.75 Å². The van der Waals surface area contributed by atoms with Gasteiger partial charge < -0.3 is 0 Å². The molecule has 0 aliphatic rings. The van der Waals surface area contributed by atoms with Crippen molar-refractivity contribution in [2.45, 2.75) is 26.3 Å². The number of hydrogen-bond acceptors (Lipinski definition) is 2. The molecule has 0 saturated carbocycles. The van der Waals surface area contributed by atoms with Crippen molar-refractivity contribution in [3.8, 4) is 0 Å². The van der Waals surface area contributed by atoms with Gasteiger partial charge in [-0.25, -0.2) is 0 Å². The standard InChI is InChI=1S/C7H10ClNOS/c1-2-3-4-9-7(10)5-6(8)11-9/h5H,2-4H2,1H3. The lowest BCUT2D eigenvalue weighted by Gasteiger charge is -1.95. The van der Waals surface area contributed by atoms with Gasteiger partial charge in [0.1, 0.15) is 4.34 Å². The Hall–Kier alpha value is -0.280. The smallest absolute Gasteiger partial charge is 0.262 e. The van der Waals surface area contributed by atoms with E-state index >= 15 is 0 Å². The number of rotatable bonds is 3. The Kier molecular flexibility index (Phi) is 3.15. The summed E-state index contributed by atoms with van der Waals surface area (Å²) in [6.45, 7) is 2.90. The number of aromatic nitrogens is 1. The predicted molar refractivity (Wildman–Crippen MR) is 48.5 cm³/mol. The molecule has 0 saturated heterocycles. The van der Waals surface area contributed by atoms with E-state index in [0.29, 0.717) is 4.34 Å². The zero-order valence-corrected chi connectivity index (χ0v) is 7.91. The quantitative estimate of drug-likeness (QED) is 0.719. The summed E-state index contributed by atoms with van der Waals surface area (Å²) < 4.78 is 2.26. The van der Waals surface area contributed by atoms with Crippen LogP contribution in [-0.4, -0.2) is 3.96 Å². The van der Waals surface area contributed by atoms with Gasteiger partial charge in [-0.1, -0.05) is 24.9 Å². The highest BCUT2D eigenvalue weighted by molar-refractivity contribution is 7.11. The fourth-order valence-electron chi connectivity index (χ4n) is 0.803. The average molecular weight is 192 g/mol. The monoisotopic (exact) mass is 191 g/mol. The van der Waals surface area contributed by atoms with Crippen LogP contribution >= 0.6 is 23.1 Å². The number of unbranched alkanes of at least 4 members (excludes halogenated alkanes) is 1. The van der Waals surface area contributed by atoms with Crippen molar-refractivity contribution in [2.75, 3.05) is 0 Å². The highest BCUT2D eigenvalue weighted by atomic mass is 35.5. The minimum atomic E-state index is 0.0217. The molecule has 0 radical (unpaired) electrons. The Morgan fingerprint density at radius 2 is 2.45 bits per heavy atom. The Balaban J connectivity index is 2.70. The molecule has 2 nitrogen and oxygen atoms in total. The number of hydrogen-bond donors (Lipinski definition) is 0.